The summed E-state index contributed by atoms with van der Waals surface area (Å²) >= 11 is 1.58. The van der Waals surface area contributed by atoms with Gasteiger partial charge in [0.15, 0.2) is 0 Å². The third kappa shape index (κ3) is 4.03. The van der Waals surface area contributed by atoms with Crippen LogP contribution in [0, 0.1) is 13.8 Å². The van der Waals surface area contributed by atoms with Crippen LogP contribution >= 0.6 is 11.3 Å². The second-order valence-electron chi connectivity index (χ2n) is 5.24. The Hall–Kier alpha value is -2.30. The highest BCUT2D eigenvalue weighted by molar-refractivity contribution is 7.89. The van der Waals surface area contributed by atoms with Crippen molar-refractivity contribution in [2.75, 3.05) is 13.2 Å². The van der Waals surface area contributed by atoms with Crippen LogP contribution in [0.2, 0.25) is 0 Å². The zero-order valence-corrected chi connectivity index (χ0v) is 15.3. The molecule has 0 aromatic carbocycles. The zero-order chi connectivity index (χ0) is 17.9. The van der Waals surface area contributed by atoms with Crippen molar-refractivity contribution in [3.63, 3.8) is 0 Å². The van der Waals surface area contributed by atoms with Gasteiger partial charge in [0.1, 0.15) is 17.2 Å². The second-order valence-corrected chi connectivity index (χ2v) is 7.89. The summed E-state index contributed by atoms with van der Waals surface area (Å²) in [5.74, 6) is 0.343. The maximum absolute atomic E-state index is 12.3. The lowest BCUT2D eigenvalue weighted by Gasteiger charge is -2.08. The molecule has 0 unspecified atom stereocenters. The van der Waals surface area contributed by atoms with E-state index in [0.29, 0.717) is 17.3 Å². The molecule has 0 aliphatic carbocycles. The largest absolute Gasteiger partial charge is 0.475 e. The van der Waals surface area contributed by atoms with Crippen molar-refractivity contribution in [3.8, 4) is 16.5 Å². The fourth-order valence-corrected chi connectivity index (χ4v) is 4.36. The number of aromatic nitrogens is 4. The van der Waals surface area contributed by atoms with E-state index in [0.717, 1.165) is 10.6 Å². The Kier molecular flexibility index (Phi) is 5.11. The Balaban J connectivity index is 1.53. The van der Waals surface area contributed by atoms with E-state index in [9.17, 15) is 8.42 Å². The molecule has 0 saturated carbocycles. The Bertz CT molecular complexity index is 915. The molecular formula is C15H17N5O3S2. The maximum atomic E-state index is 12.3. The number of hydrogen-bond acceptors (Lipinski definition) is 7. The summed E-state index contributed by atoms with van der Waals surface area (Å²) in [6.45, 7) is 3.55. The number of ether oxygens (including phenoxy) is 1. The second kappa shape index (κ2) is 7.30. The smallest absolute Gasteiger partial charge is 0.244 e. The van der Waals surface area contributed by atoms with Gasteiger partial charge >= 0.3 is 0 Å². The van der Waals surface area contributed by atoms with Crippen LogP contribution in [0.5, 0.6) is 5.88 Å². The van der Waals surface area contributed by atoms with E-state index < -0.39 is 10.0 Å². The zero-order valence-electron chi connectivity index (χ0n) is 13.7. The molecule has 0 aliphatic rings. The molecule has 3 rings (SSSR count). The summed E-state index contributed by atoms with van der Waals surface area (Å²) in [4.78, 5) is 1.20. The fourth-order valence-electron chi connectivity index (χ4n) is 2.29. The highest BCUT2D eigenvalue weighted by Crippen LogP contribution is 2.22. The molecule has 8 nitrogen and oxygen atoms in total. The average molecular weight is 379 g/mol. The van der Waals surface area contributed by atoms with E-state index in [-0.39, 0.29) is 18.0 Å². The predicted octanol–water partition coefficient (Wildman–Crippen LogP) is 1.90. The molecule has 3 heterocycles. The van der Waals surface area contributed by atoms with Crippen LogP contribution in [0.1, 0.15) is 11.4 Å². The van der Waals surface area contributed by atoms with Crippen molar-refractivity contribution in [1.29, 1.82) is 0 Å². The van der Waals surface area contributed by atoms with Crippen LogP contribution in [0.25, 0.3) is 10.6 Å². The number of sulfonamides is 1. The first-order chi connectivity index (χ1) is 12.0. The lowest BCUT2D eigenvalue weighted by molar-refractivity contribution is 0.307. The lowest BCUT2D eigenvalue weighted by atomic mass is 10.3. The molecule has 3 aromatic heterocycles. The normalized spacial score (nSPS) is 11.6. The number of nitrogens with zero attached hydrogens (tertiary/aromatic N) is 3. The molecule has 2 N–H and O–H groups in total. The van der Waals surface area contributed by atoms with Crippen molar-refractivity contribution in [3.05, 3.63) is 41.0 Å². The molecule has 0 fully saturated rings. The van der Waals surface area contributed by atoms with Gasteiger partial charge in [-0.05, 0) is 31.4 Å². The Labute approximate surface area is 149 Å². The molecular weight excluding hydrogens is 362 g/mol. The topological polar surface area (TPSA) is 110 Å². The van der Waals surface area contributed by atoms with E-state index in [2.05, 4.69) is 25.1 Å². The SMILES string of the molecule is Cc1n[nH]c(C)c1S(=O)(=O)NCCOc1ccc(-c2cccs2)nn1. The molecule has 132 valence electrons. The molecule has 0 bridgehead atoms. The number of nitrogens with one attached hydrogen (secondary N) is 2. The monoisotopic (exact) mass is 379 g/mol. The van der Waals surface area contributed by atoms with Crippen molar-refractivity contribution in [2.45, 2.75) is 18.7 Å². The number of rotatable bonds is 7. The third-order valence-corrected chi connectivity index (χ3v) is 6.00. The van der Waals surface area contributed by atoms with Crippen LogP contribution in [0.3, 0.4) is 0 Å². The molecule has 10 heteroatoms. The van der Waals surface area contributed by atoms with Crippen molar-refractivity contribution in [1.82, 2.24) is 25.1 Å². The van der Waals surface area contributed by atoms with Gasteiger partial charge in [-0.15, -0.1) is 21.5 Å². The first-order valence-electron chi connectivity index (χ1n) is 7.49. The first-order valence-corrected chi connectivity index (χ1v) is 9.85. The number of aromatic amines is 1. The van der Waals surface area contributed by atoms with E-state index in [1.807, 2.05) is 23.6 Å². The van der Waals surface area contributed by atoms with Gasteiger partial charge in [-0.2, -0.15) is 5.10 Å². The molecule has 0 spiro atoms. The number of hydrogen-bond donors (Lipinski definition) is 2. The summed E-state index contributed by atoms with van der Waals surface area (Å²) in [5.41, 5.74) is 1.70. The van der Waals surface area contributed by atoms with Crippen LogP contribution in [0.15, 0.2) is 34.5 Å². The van der Waals surface area contributed by atoms with Gasteiger partial charge < -0.3 is 4.74 Å². The average Bonchev–Trinajstić information content (AvgIpc) is 3.22. The van der Waals surface area contributed by atoms with Crippen LogP contribution in [-0.2, 0) is 10.0 Å². The van der Waals surface area contributed by atoms with Crippen LogP contribution < -0.4 is 9.46 Å². The van der Waals surface area contributed by atoms with Crippen molar-refractivity contribution < 1.29 is 13.2 Å². The summed E-state index contributed by atoms with van der Waals surface area (Å²) in [5, 5.41) is 16.6. The fraction of sp³-hybridized carbons (Fsp3) is 0.267. The van der Waals surface area contributed by atoms with Gasteiger partial charge in [-0.3, -0.25) is 5.10 Å². The van der Waals surface area contributed by atoms with E-state index in [4.69, 9.17) is 4.74 Å². The molecule has 25 heavy (non-hydrogen) atoms. The Morgan fingerprint density at radius 2 is 2.08 bits per heavy atom. The molecule has 0 atom stereocenters. The summed E-state index contributed by atoms with van der Waals surface area (Å²) in [7, 11) is -3.63. The molecule has 0 radical (unpaired) electrons. The number of thiophene rings is 1. The molecule has 0 saturated heterocycles. The minimum atomic E-state index is -3.63. The van der Waals surface area contributed by atoms with Gasteiger partial charge in [0.05, 0.1) is 16.3 Å². The van der Waals surface area contributed by atoms with Crippen molar-refractivity contribution in [2.24, 2.45) is 0 Å². The van der Waals surface area contributed by atoms with Gasteiger partial charge in [-0.25, -0.2) is 13.1 Å². The summed E-state index contributed by atoms with van der Waals surface area (Å²) in [6, 6.07) is 7.43. The predicted molar refractivity (Wildman–Crippen MR) is 94.1 cm³/mol. The van der Waals surface area contributed by atoms with Gasteiger partial charge in [-0.1, -0.05) is 6.07 Å². The number of H-pyrrole nitrogens is 1. The van der Waals surface area contributed by atoms with Gasteiger partial charge in [0, 0.05) is 12.6 Å². The Morgan fingerprint density at radius 3 is 2.68 bits per heavy atom. The molecule has 0 aliphatic heterocycles. The minimum absolute atomic E-state index is 0.112. The van der Waals surface area contributed by atoms with Gasteiger partial charge in [0.25, 0.3) is 0 Å². The van der Waals surface area contributed by atoms with Gasteiger partial charge in [0.2, 0.25) is 15.9 Å². The van der Waals surface area contributed by atoms with E-state index >= 15 is 0 Å². The standard InChI is InChI=1S/C15H17N5O3S2/c1-10-15(11(2)18-17-10)25(21,22)16-7-8-23-14-6-5-12(19-20-14)13-4-3-9-24-13/h3-6,9,16H,7-8H2,1-2H3,(H,17,18). The number of aryl methyl sites for hydroxylation is 2. The van der Waals surface area contributed by atoms with E-state index in [1.54, 1.807) is 31.3 Å². The molecule has 0 amide bonds. The highest BCUT2D eigenvalue weighted by Gasteiger charge is 2.21. The lowest BCUT2D eigenvalue weighted by Crippen LogP contribution is -2.29. The summed E-state index contributed by atoms with van der Waals surface area (Å²) in [6.07, 6.45) is 0. The Morgan fingerprint density at radius 1 is 1.24 bits per heavy atom. The molecule has 3 aromatic rings. The summed E-state index contributed by atoms with van der Waals surface area (Å²) < 4.78 is 32.5. The van der Waals surface area contributed by atoms with Crippen LogP contribution in [0.4, 0.5) is 0 Å². The van der Waals surface area contributed by atoms with E-state index in [1.165, 1.54) is 0 Å². The first kappa shape index (κ1) is 17.5. The van der Waals surface area contributed by atoms with Crippen molar-refractivity contribution >= 4 is 21.4 Å². The minimum Gasteiger partial charge on any atom is -0.475 e. The highest BCUT2D eigenvalue weighted by atomic mass is 32.2. The quantitative estimate of drug-likeness (QED) is 0.607. The maximum Gasteiger partial charge on any atom is 0.244 e. The third-order valence-electron chi connectivity index (χ3n) is 3.39. The van der Waals surface area contributed by atoms with Crippen LogP contribution in [-0.4, -0.2) is 42.0 Å².